The van der Waals surface area contributed by atoms with E-state index in [1.165, 1.54) is 44.1 Å². The molecule has 0 bridgehead atoms. The number of hydrogen-bond donors (Lipinski definition) is 1. The van der Waals surface area contributed by atoms with Crippen LogP contribution >= 0.6 is 0 Å². The summed E-state index contributed by atoms with van der Waals surface area (Å²) >= 11 is 0. The largest absolute Gasteiger partial charge is 0.497 e. The molecule has 44 heavy (non-hydrogen) atoms. The van der Waals surface area contributed by atoms with E-state index in [-0.39, 0.29) is 53.4 Å². The summed E-state index contributed by atoms with van der Waals surface area (Å²) in [7, 11) is 1.48. The number of benzene rings is 2. The number of Topliss-reactive ketones (excluding diaryl/α,β-unsaturated/α-hetero) is 1. The zero-order valence-corrected chi connectivity index (χ0v) is 24.5. The second-order valence-electron chi connectivity index (χ2n) is 10.8. The molecule has 232 valence electrons. The van der Waals surface area contributed by atoms with Crippen LogP contribution in [-0.4, -0.2) is 80.6 Å². The topological polar surface area (TPSA) is 100 Å². The first-order valence-corrected chi connectivity index (χ1v) is 13.9. The molecule has 2 atom stereocenters. The Labute approximate surface area is 250 Å². The van der Waals surface area contributed by atoms with Crippen LogP contribution in [0.25, 0.3) is 16.9 Å². The van der Waals surface area contributed by atoms with Gasteiger partial charge in [-0.25, -0.2) is 13.9 Å². The summed E-state index contributed by atoms with van der Waals surface area (Å²) in [6.07, 6.45) is -3.69. The van der Waals surface area contributed by atoms with Gasteiger partial charge in [0.15, 0.2) is 17.1 Å². The molecule has 1 N–H and O–H groups in total. The number of piperazine rings is 1. The highest BCUT2D eigenvalue weighted by atomic mass is 19.4. The third kappa shape index (κ3) is 5.64. The molecule has 1 saturated heterocycles. The Morgan fingerprint density at radius 2 is 1.84 bits per heavy atom. The lowest BCUT2D eigenvalue weighted by molar-refractivity contribution is -0.143. The van der Waals surface area contributed by atoms with Gasteiger partial charge in [-0.3, -0.25) is 14.5 Å². The molecule has 0 spiro atoms. The van der Waals surface area contributed by atoms with Crippen molar-refractivity contribution >= 4 is 17.3 Å². The minimum Gasteiger partial charge on any atom is -0.497 e. The van der Waals surface area contributed by atoms with Crippen LogP contribution in [-0.2, 0) is 6.18 Å². The zero-order valence-electron chi connectivity index (χ0n) is 24.5. The Bertz CT molecular complexity index is 1720. The molecular weight excluding hydrogens is 582 g/mol. The summed E-state index contributed by atoms with van der Waals surface area (Å²) in [5, 5.41) is 14.1. The Morgan fingerprint density at radius 1 is 1.14 bits per heavy atom. The predicted octanol–water partition coefficient (Wildman–Crippen LogP) is 4.95. The Hall–Kier alpha value is -4.36. The van der Waals surface area contributed by atoms with E-state index in [0.717, 1.165) is 6.20 Å². The highest BCUT2D eigenvalue weighted by molar-refractivity contribution is 6.00. The number of carbonyl (C=O) groups excluding carboxylic acids is 2. The van der Waals surface area contributed by atoms with Gasteiger partial charge in [0.1, 0.15) is 17.1 Å². The summed E-state index contributed by atoms with van der Waals surface area (Å²) in [5.74, 6) is -0.842. The normalized spacial score (nSPS) is 16.8. The van der Waals surface area contributed by atoms with Gasteiger partial charge in [0.25, 0.3) is 5.91 Å². The first-order valence-electron chi connectivity index (χ1n) is 13.9. The van der Waals surface area contributed by atoms with Crippen LogP contribution in [0.15, 0.2) is 48.7 Å². The SMILES string of the molecule is COc1ccc(-c2nc3c(C(=O)N4CCN([C@H](CO)c5cc(C(C)=O)ccc5F)C[C@H]4C)cnn3c(C(F)(F)F)c2C)cc1. The maximum atomic E-state index is 14.8. The summed E-state index contributed by atoms with van der Waals surface area (Å²) in [6, 6.07) is 9.17. The fraction of sp³-hybridized carbons (Fsp3) is 0.355. The molecule has 0 unspecified atom stereocenters. The lowest BCUT2D eigenvalue weighted by Crippen LogP contribution is -2.55. The van der Waals surface area contributed by atoms with E-state index in [0.29, 0.717) is 21.4 Å². The van der Waals surface area contributed by atoms with Gasteiger partial charge in [-0.15, -0.1) is 0 Å². The van der Waals surface area contributed by atoms with E-state index in [2.05, 4.69) is 10.1 Å². The summed E-state index contributed by atoms with van der Waals surface area (Å²) in [5.41, 5.74) is -0.560. The number of halogens is 4. The fourth-order valence-corrected chi connectivity index (χ4v) is 5.74. The van der Waals surface area contributed by atoms with Crippen LogP contribution in [0.4, 0.5) is 17.6 Å². The fourth-order valence-electron chi connectivity index (χ4n) is 5.74. The van der Waals surface area contributed by atoms with Gasteiger partial charge < -0.3 is 14.7 Å². The minimum atomic E-state index is -4.79. The molecule has 0 saturated carbocycles. The molecule has 0 aliphatic carbocycles. The van der Waals surface area contributed by atoms with Crippen molar-refractivity contribution in [2.45, 2.75) is 39.0 Å². The second kappa shape index (κ2) is 12.0. The Balaban J connectivity index is 1.48. The number of fused-ring (bicyclic) bond motifs is 1. The van der Waals surface area contributed by atoms with E-state index in [1.54, 1.807) is 31.2 Å². The molecule has 1 fully saturated rings. The van der Waals surface area contributed by atoms with Gasteiger partial charge in [-0.1, -0.05) is 0 Å². The van der Waals surface area contributed by atoms with Gasteiger partial charge in [0, 0.05) is 47.9 Å². The summed E-state index contributed by atoms with van der Waals surface area (Å²) < 4.78 is 63.6. The monoisotopic (exact) mass is 613 g/mol. The molecular formula is C31H31F4N5O4. The number of aliphatic hydroxyl groups excluding tert-OH is 1. The number of rotatable bonds is 7. The average Bonchev–Trinajstić information content (AvgIpc) is 3.40. The van der Waals surface area contributed by atoms with Crippen molar-refractivity contribution in [3.8, 4) is 17.0 Å². The molecule has 5 rings (SSSR count). The second-order valence-corrected chi connectivity index (χ2v) is 10.8. The van der Waals surface area contributed by atoms with Gasteiger partial charge in [-0.2, -0.15) is 18.3 Å². The molecule has 1 aliphatic rings. The molecule has 2 aromatic heterocycles. The molecule has 2 aromatic carbocycles. The predicted molar refractivity (Wildman–Crippen MR) is 153 cm³/mol. The van der Waals surface area contributed by atoms with E-state index >= 15 is 0 Å². The number of nitrogens with zero attached hydrogens (tertiary/aromatic N) is 5. The first-order chi connectivity index (χ1) is 20.8. The van der Waals surface area contributed by atoms with Crippen molar-refractivity contribution < 1.29 is 37.0 Å². The molecule has 0 radical (unpaired) electrons. The number of ketones is 1. The minimum absolute atomic E-state index is 0.0560. The number of carbonyl (C=O) groups is 2. The quantitative estimate of drug-likeness (QED) is 0.233. The van der Waals surface area contributed by atoms with E-state index in [1.807, 2.05) is 4.90 Å². The van der Waals surface area contributed by atoms with E-state index in [4.69, 9.17) is 4.74 Å². The third-order valence-corrected chi connectivity index (χ3v) is 8.04. The number of aliphatic hydroxyl groups is 1. The van der Waals surface area contributed by atoms with Crippen molar-refractivity contribution in [2.24, 2.45) is 0 Å². The molecule has 4 aromatic rings. The van der Waals surface area contributed by atoms with E-state index < -0.39 is 42.3 Å². The molecule has 1 aliphatic heterocycles. The van der Waals surface area contributed by atoms with Crippen molar-refractivity contribution in [1.29, 1.82) is 0 Å². The van der Waals surface area contributed by atoms with Crippen LogP contribution in [0, 0.1) is 12.7 Å². The number of amides is 1. The van der Waals surface area contributed by atoms with Gasteiger partial charge >= 0.3 is 6.18 Å². The van der Waals surface area contributed by atoms with Crippen LogP contribution in [0.5, 0.6) is 5.75 Å². The average molecular weight is 614 g/mol. The number of ether oxygens (including phenoxy) is 1. The molecule has 13 heteroatoms. The van der Waals surface area contributed by atoms with Crippen molar-refractivity contribution in [3.05, 3.63) is 82.4 Å². The summed E-state index contributed by atoms with van der Waals surface area (Å²) in [4.78, 5) is 33.5. The Morgan fingerprint density at radius 3 is 2.43 bits per heavy atom. The van der Waals surface area contributed by atoms with Gasteiger partial charge in [0.05, 0.1) is 31.6 Å². The maximum absolute atomic E-state index is 14.8. The maximum Gasteiger partial charge on any atom is 0.433 e. The molecule has 9 nitrogen and oxygen atoms in total. The van der Waals surface area contributed by atoms with Crippen molar-refractivity contribution in [2.75, 3.05) is 33.4 Å². The standard InChI is InChI=1S/C31H31F4N5O4/c1-17-15-38(26(16-41)23-13-21(19(3)42)7-10-25(23)32)11-12-39(17)30(43)24-14-36-40-28(31(33,34)35)18(2)27(37-29(24)40)20-5-8-22(44-4)9-6-20/h5-10,13-14,17,26,41H,11-12,15-16H2,1-4H3/t17-,26-/m1/s1. The Kier molecular flexibility index (Phi) is 8.45. The lowest BCUT2D eigenvalue weighted by Gasteiger charge is -2.43. The summed E-state index contributed by atoms with van der Waals surface area (Å²) in [6.45, 7) is 4.63. The highest BCUT2D eigenvalue weighted by Gasteiger charge is 2.40. The van der Waals surface area contributed by atoms with Gasteiger partial charge in [-0.05, 0) is 63.2 Å². The zero-order chi connectivity index (χ0) is 31.9. The van der Waals surface area contributed by atoms with E-state index in [9.17, 15) is 32.3 Å². The van der Waals surface area contributed by atoms with Crippen LogP contribution < -0.4 is 4.74 Å². The van der Waals surface area contributed by atoms with Crippen LogP contribution in [0.3, 0.4) is 0 Å². The van der Waals surface area contributed by atoms with Crippen LogP contribution in [0.2, 0.25) is 0 Å². The van der Waals surface area contributed by atoms with Crippen molar-refractivity contribution in [1.82, 2.24) is 24.4 Å². The van der Waals surface area contributed by atoms with Gasteiger partial charge in [0.2, 0.25) is 0 Å². The number of aromatic nitrogens is 3. The van der Waals surface area contributed by atoms with Crippen LogP contribution in [0.1, 0.15) is 57.4 Å². The number of methoxy groups -OCH3 is 1. The highest BCUT2D eigenvalue weighted by Crippen LogP contribution is 2.37. The molecule has 1 amide bonds. The molecule has 3 heterocycles. The number of hydrogen-bond acceptors (Lipinski definition) is 7. The third-order valence-electron chi connectivity index (χ3n) is 8.04. The number of alkyl halides is 3. The lowest BCUT2D eigenvalue weighted by atomic mass is 9.99. The first kappa shape index (κ1) is 31.1. The smallest absolute Gasteiger partial charge is 0.433 e. The van der Waals surface area contributed by atoms with Crippen molar-refractivity contribution in [3.63, 3.8) is 0 Å².